The lowest BCUT2D eigenvalue weighted by molar-refractivity contribution is 0.0937. The number of benzene rings is 1. The molecular weight excluding hydrogens is 312 g/mol. The SMILES string of the molecule is C[C@@H](NC(=O)c1cc2c(n(C)c1=O)CCCCCC2)c1ccccc1. The molecule has 4 nitrogen and oxygen atoms in total. The number of nitrogens with one attached hydrogen (secondary N) is 1. The minimum absolute atomic E-state index is 0.139. The second kappa shape index (κ2) is 7.68. The third kappa shape index (κ3) is 3.84. The van der Waals surface area contributed by atoms with Gasteiger partial charge in [-0.1, -0.05) is 43.2 Å². The van der Waals surface area contributed by atoms with Crippen LogP contribution in [0.5, 0.6) is 0 Å². The zero-order valence-corrected chi connectivity index (χ0v) is 15.0. The van der Waals surface area contributed by atoms with Crippen molar-refractivity contribution in [2.75, 3.05) is 0 Å². The summed E-state index contributed by atoms with van der Waals surface area (Å²) in [4.78, 5) is 25.4. The standard InChI is InChI=1S/C21H26N2O2/c1-15(16-10-7-5-8-11-16)22-20(24)18-14-17-12-6-3-4-9-13-19(17)23(2)21(18)25/h5,7-8,10-11,14-15H,3-4,6,9,12-13H2,1-2H3,(H,22,24)/t15-/m1/s1. The highest BCUT2D eigenvalue weighted by atomic mass is 16.2. The highest BCUT2D eigenvalue weighted by Crippen LogP contribution is 2.20. The van der Waals surface area contributed by atoms with E-state index in [-0.39, 0.29) is 23.1 Å². The molecule has 1 N–H and O–H groups in total. The third-order valence-electron chi connectivity index (χ3n) is 5.13. The molecule has 3 rings (SSSR count). The number of aryl methyl sites for hydroxylation is 1. The molecule has 0 fully saturated rings. The minimum Gasteiger partial charge on any atom is -0.345 e. The molecule has 0 saturated heterocycles. The monoisotopic (exact) mass is 338 g/mol. The third-order valence-corrected chi connectivity index (χ3v) is 5.13. The fourth-order valence-electron chi connectivity index (χ4n) is 3.61. The molecule has 0 radical (unpaired) electrons. The Kier molecular flexibility index (Phi) is 5.37. The number of hydrogen-bond donors (Lipinski definition) is 1. The summed E-state index contributed by atoms with van der Waals surface area (Å²) >= 11 is 0. The second-order valence-corrected chi connectivity index (χ2v) is 6.91. The number of pyridine rings is 1. The average Bonchev–Trinajstić information content (AvgIpc) is 2.59. The number of hydrogen-bond acceptors (Lipinski definition) is 2. The van der Waals surface area contributed by atoms with Gasteiger partial charge in [-0.25, -0.2) is 0 Å². The van der Waals surface area contributed by atoms with Gasteiger partial charge in [0.15, 0.2) is 0 Å². The van der Waals surface area contributed by atoms with Crippen LogP contribution in [0.25, 0.3) is 0 Å². The first-order valence-corrected chi connectivity index (χ1v) is 9.15. The van der Waals surface area contributed by atoms with Crippen LogP contribution < -0.4 is 10.9 Å². The summed E-state index contributed by atoms with van der Waals surface area (Å²) in [6.45, 7) is 1.94. The van der Waals surface area contributed by atoms with E-state index < -0.39 is 0 Å². The lowest BCUT2D eigenvalue weighted by atomic mass is 9.95. The molecule has 25 heavy (non-hydrogen) atoms. The maximum Gasteiger partial charge on any atom is 0.263 e. The molecule has 1 aromatic heterocycles. The van der Waals surface area contributed by atoms with Crippen LogP contribution >= 0.6 is 0 Å². The van der Waals surface area contributed by atoms with Crippen LogP contribution in [0.15, 0.2) is 41.2 Å². The highest BCUT2D eigenvalue weighted by molar-refractivity contribution is 5.94. The summed E-state index contributed by atoms with van der Waals surface area (Å²) in [7, 11) is 1.79. The van der Waals surface area contributed by atoms with Gasteiger partial charge in [0.25, 0.3) is 11.5 Å². The Balaban J connectivity index is 1.88. The highest BCUT2D eigenvalue weighted by Gasteiger charge is 2.20. The van der Waals surface area contributed by atoms with E-state index in [9.17, 15) is 9.59 Å². The van der Waals surface area contributed by atoms with Crippen molar-refractivity contribution >= 4 is 5.91 Å². The fourth-order valence-corrected chi connectivity index (χ4v) is 3.61. The van der Waals surface area contributed by atoms with Crippen molar-refractivity contribution in [3.63, 3.8) is 0 Å². The lowest BCUT2D eigenvalue weighted by Crippen LogP contribution is -2.35. The van der Waals surface area contributed by atoms with E-state index in [1.807, 2.05) is 43.3 Å². The van der Waals surface area contributed by atoms with Gasteiger partial charge >= 0.3 is 0 Å². The molecule has 0 unspecified atom stereocenters. The van der Waals surface area contributed by atoms with Gasteiger partial charge in [-0.3, -0.25) is 9.59 Å². The Morgan fingerprint density at radius 3 is 2.48 bits per heavy atom. The predicted octanol–water partition coefficient (Wildman–Crippen LogP) is 3.54. The Bertz CT molecular complexity index is 809. The van der Waals surface area contributed by atoms with Crippen molar-refractivity contribution in [2.45, 2.75) is 51.5 Å². The van der Waals surface area contributed by atoms with Gasteiger partial charge in [-0.05, 0) is 49.8 Å². The van der Waals surface area contributed by atoms with E-state index >= 15 is 0 Å². The molecule has 4 heteroatoms. The van der Waals surface area contributed by atoms with Crippen LogP contribution in [-0.2, 0) is 19.9 Å². The first-order valence-electron chi connectivity index (χ1n) is 9.15. The van der Waals surface area contributed by atoms with E-state index in [0.29, 0.717) is 0 Å². The number of nitrogens with zero attached hydrogens (tertiary/aromatic N) is 1. The van der Waals surface area contributed by atoms with Gasteiger partial charge in [0.2, 0.25) is 0 Å². The van der Waals surface area contributed by atoms with Gasteiger partial charge in [-0.2, -0.15) is 0 Å². The smallest absolute Gasteiger partial charge is 0.263 e. The average molecular weight is 338 g/mol. The largest absolute Gasteiger partial charge is 0.345 e. The van der Waals surface area contributed by atoms with Crippen LogP contribution in [0.1, 0.15) is 65.8 Å². The summed E-state index contributed by atoms with van der Waals surface area (Å²) < 4.78 is 1.68. The van der Waals surface area contributed by atoms with Crippen LogP contribution in [0.3, 0.4) is 0 Å². The molecule has 1 aromatic carbocycles. The zero-order valence-electron chi connectivity index (χ0n) is 15.0. The van der Waals surface area contributed by atoms with Crippen LogP contribution in [-0.4, -0.2) is 10.5 Å². The van der Waals surface area contributed by atoms with Crippen molar-refractivity contribution < 1.29 is 4.79 Å². The summed E-state index contributed by atoms with van der Waals surface area (Å²) in [5.74, 6) is -0.290. The number of amides is 1. The van der Waals surface area contributed by atoms with Crippen LogP contribution in [0, 0.1) is 0 Å². The normalized spacial score (nSPS) is 15.6. The van der Waals surface area contributed by atoms with Crippen LogP contribution in [0.2, 0.25) is 0 Å². The molecule has 132 valence electrons. The Morgan fingerprint density at radius 2 is 1.76 bits per heavy atom. The number of rotatable bonds is 3. The quantitative estimate of drug-likeness (QED) is 0.931. The van der Waals surface area contributed by atoms with Gasteiger partial charge < -0.3 is 9.88 Å². The van der Waals surface area contributed by atoms with E-state index in [2.05, 4.69) is 5.32 Å². The van der Waals surface area contributed by atoms with E-state index in [1.54, 1.807) is 11.6 Å². The van der Waals surface area contributed by atoms with Crippen LogP contribution in [0.4, 0.5) is 0 Å². The van der Waals surface area contributed by atoms with Crippen molar-refractivity contribution in [3.05, 3.63) is 69.1 Å². The predicted molar refractivity (Wildman–Crippen MR) is 99.9 cm³/mol. The van der Waals surface area contributed by atoms with Crippen molar-refractivity contribution in [1.82, 2.24) is 9.88 Å². The number of carbonyl (C=O) groups is 1. The van der Waals surface area contributed by atoms with Crippen molar-refractivity contribution in [1.29, 1.82) is 0 Å². The molecule has 0 bridgehead atoms. The summed E-state index contributed by atoms with van der Waals surface area (Å²) in [6, 6.07) is 11.5. The molecule has 1 atom stereocenters. The minimum atomic E-state index is -0.290. The molecule has 1 amide bonds. The fraction of sp³-hybridized carbons (Fsp3) is 0.429. The number of fused-ring (bicyclic) bond motifs is 1. The summed E-state index contributed by atoms with van der Waals surface area (Å²) in [5.41, 5.74) is 3.33. The topological polar surface area (TPSA) is 51.1 Å². The Morgan fingerprint density at radius 1 is 1.08 bits per heavy atom. The van der Waals surface area contributed by atoms with Gasteiger partial charge in [-0.15, -0.1) is 0 Å². The molecule has 1 aliphatic rings. The van der Waals surface area contributed by atoms with E-state index in [1.165, 1.54) is 12.8 Å². The van der Waals surface area contributed by atoms with E-state index in [4.69, 9.17) is 0 Å². The molecule has 0 saturated carbocycles. The molecule has 1 heterocycles. The lowest BCUT2D eigenvalue weighted by Gasteiger charge is -2.19. The molecule has 2 aromatic rings. The van der Waals surface area contributed by atoms with Crippen molar-refractivity contribution in [2.24, 2.45) is 7.05 Å². The molecule has 0 spiro atoms. The zero-order chi connectivity index (χ0) is 17.8. The van der Waals surface area contributed by atoms with E-state index in [0.717, 1.165) is 42.5 Å². The van der Waals surface area contributed by atoms with Gasteiger partial charge in [0.1, 0.15) is 5.56 Å². The Hall–Kier alpha value is -2.36. The number of carbonyl (C=O) groups excluding carboxylic acids is 1. The number of aromatic nitrogens is 1. The first kappa shape index (κ1) is 17.5. The van der Waals surface area contributed by atoms with Gasteiger partial charge in [0.05, 0.1) is 6.04 Å². The molecule has 0 aliphatic heterocycles. The maximum atomic E-state index is 12.7. The summed E-state index contributed by atoms with van der Waals surface area (Å²) in [6.07, 6.45) is 6.52. The molecular formula is C21H26N2O2. The van der Waals surface area contributed by atoms with Gasteiger partial charge in [0, 0.05) is 12.7 Å². The maximum absolute atomic E-state index is 12.7. The first-order chi connectivity index (χ1) is 12.1. The molecule has 1 aliphatic carbocycles. The summed E-state index contributed by atoms with van der Waals surface area (Å²) in [5, 5.41) is 2.96. The van der Waals surface area contributed by atoms with Crippen molar-refractivity contribution in [3.8, 4) is 0 Å². The second-order valence-electron chi connectivity index (χ2n) is 6.91. The Labute approximate surface area is 148 Å².